The van der Waals surface area contributed by atoms with E-state index in [0.29, 0.717) is 6.54 Å². The largest absolute Gasteiger partial charge is 0.354 e. The zero-order chi connectivity index (χ0) is 18.7. The van der Waals surface area contributed by atoms with E-state index in [1.807, 2.05) is 38.4 Å². The second-order valence-corrected chi connectivity index (χ2v) is 7.70. The van der Waals surface area contributed by atoms with E-state index in [4.69, 9.17) is 11.6 Å². The summed E-state index contributed by atoms with van der Waals surface area (Å²) < 4.78 is 0. The standard InChI is InChI=1S/C22H27ClN2O/c1-4-15-9-11-16(12-10-15)21(25(2)3)14-24-22(26)19-13-18(19)17-7-5-6-8-20(17)23/h5-12,18-19,21H,4,13-14H2,1-3H3,(H,24,26). The third-order valence-corrected chi connectivity index (χ3v) is 5.64. The van der Waals surface area contributed by atoms with Gasteiger partial charge in [0.05, 0.1) is 6.04 Å². The van der Waals surface area contributed by atoms with Crippen LogP contribution in [0.3, 0.4) is 0 Å². The average molecular weight is 371 g/mol. The van der Waals surface area contributed by atoms with Crippen LogP contribution in [0.25, 0.3) is 0 Å². The van der Waals surface area contributed by atoms with E-state index in [1.54, 1.807) is 0 Å². The number of nitrogens with one attached hydrogen (secondary N) is 1. The molecular weight excluding hydrogens is 344 g/mol. The number of halogens is 1. The van der Waals surface area contributed by atoms with E-state index < -0.39 is 0 Å². The Morgan fingerprint density at radius 2 is 1.88 bits per heavy atom. The molecule has 0 aliphatic heterocycles. The number of hydrogen-bond donors (Lipinski definition) is 1. The van der Waals surface area contributed by atoms with Crippen molar-refractivity contribution in [3.8, 4) is 0 Å². The fourth-order valence-corrected chi connectivity index (χ4v) is 3.78. The number of benzene rings is 2. The number of rotatable bonds is 7. The quantitative estimate of drug-likeness (QED) is 0.782. The first-order valence-electron chi connectivity index (χ1n) is 9.28. The smallest absolute Gasteiger partial charge is 0.223 e. The number of hydrogen-bond acceptors (Lipinski definition) is 2. The molecule has 1 aliphatic rings. The first-order chi connectivity index (χ1) is 12.5. The summed E-state index contributed by atoms with van der Waals surface area (Å²) in [5.74, 6) is 0.428. The maximum atomic E-state index is 12.6. The van der Waals surface area contributed by atoms with E-state index in [1.165, 1.54) is 11.1 Å². The Balaban J connectivity index is 1.59. The zero-order valence-corrected chi connectivity index (χ0v) is 16.5. The molecule has 3 nitrogen and oxygen atoms in total. The van der Waals surface area contributed by atoms with E-state index in [2.05, 4.69) is 41.4 Å². The third kappa shape index (κ3) is 4.28. The summed E-state index contributed by atoms with van der Waals surface area (Å²) in [5, 5.41) is 3.91. The van der Waals surface area contributed by atoms with Gasteiger partial charge in [-0.05, 0) is 55.6 Å². The van der Waals surface area contributed by atoms with Crippen molar-refractivity contribution >= 4 is 17.5 Å². The molecule has 2 aromatic rings. The fourth-order valence-electron chi connectivity index (χ4n) is 3.51. The molecular formula is C22H27ClN2O. The molecule has 0 heterocycles. The molecule has 1 aliphatic carbocycles. The first kappa shape index (κ1) is 18.9. The van der Waals surface area contributed by atoms with Crippen LogP contribution in [0.2, 0.25) is 5.02 Å². The van der Waals surface area contributed by atoms with Crippen molar-refractivity contribution in [3.63, 3.8) is 0 Å². The monoisotopic (exact) mass is 370 g/mol. The SMILES string of the molecule is CCc1ccc(C(CNC(=O)C2CC2c2ccccc2Cl)N(C)C)cc1. The molecule has 1 fully saturated rings. The number of nitrogens with zero attached hydrogens (tertiary/aromatic N) is 1. The van der Waals surface area contributed by atoms with Gasteiger partial charge in [0.15, 0.2) is 0 Å². The lowest BCUT2D eigenvalue weighted by atomic mass is 10.0. The molecule has 1 saturated carbocycles. The number of carbonyl (C=O) groups excluding carboxylic acids is 1. The van der Waals surface area contributed by atoms with Crippen molar-refractivity contribution in [3.05, 3.63) is 70.2 Å². The van der Waals surface area contributed by atoms with Crippen LogP contribution in [0.1, 0.15) is 42.0 Å². The van der Waals surface area contributed by atoms with E-state index in [0.717, 1.165) is 23.4 Å². The normalized spacial score (nSPS) is 20.0. The van der Waals surface area contributed by atoms with Crippen LogP contribution in [0, 0.1) is 5.92 Å². The van der Waals surface area contributed by atoms with Crippen LogP contribution in [-0.4, -0.2) is 31.4 Å². The van der Waals surface area contributed by atoms with Crippen molar-refractivity contribution in [2.45, 2.75) is 31.7 Å². The highest BCUT2D eigenvalue weighted by Crippen LogP contribution is 2.49. The van der Waals surface area contributed by atoms with Gasteiger partial charge < -0.3 is 10.2 Å². The fraction of sp³-hybridized carbons (Fsp3) is 0.409. The number of likely N-dealkylation sites (N-methyl/N-ethyl adjacent to an activating group) is 1. The molecule has 3 atom stereocenters. The number of aryl methyl sites for hydroxylation is 1. The van der Waals surface area contributed by atoms with E-state index in [-0.39, 0.29) is 23.8 Å². The van der Waals surface area contributed by atoms with Gasteiger partial charge in [-0.25, -0.2) is 0 Å². The van der Waals surface area contributed by atoms with Crippen LogP contribution in [-0.2, 0) is 11.2 Å². The minimum atomic E-state index is 0.0418. The lowest BCUT2D eigenvalue weighted by Gasteiger charge is -2.25. The summed E-state index contributed by atoms with van der Waals surface area (Å²) in [7, 11) is 4.10. The van der Waals surface area contributed by atoms with Gasteiger partial charge in [-0.1, -0.05) is 61.0 Å². The van der Waals surface area contributed by atoms with Crippen LogP contribution < -0.4 is 5.32 Å². The van der Waals surface area contributed by atoms with Crippen molar-refractivity contribution in [1.82, 2.24) is 10.2 Å². The Bertz CT molecular complexity index is 757. The Hall–Kier alpha value is -1.84. The van der Waals surface area contributed by atoms with Gasteiger partial charge >= 0.3 is 0 Å². The van der Waals surface area contributed by atoms with E-state index >= 15 is 0 Å². The summed E-state index contributed by atoms with van der Waals surface area (Å²) >= 11 is 6.26. The van der Waals surface area contributed by atoms with Crippen molar-refractivity contribution in [2.75, 3.05) is 20.6 Å². The lowest BCUT2D eigenvalue weighted by molar-refractivity contribution is -0.122. The predicted molar refractivity (Wildman–Crippen MR) is 108 cm³/mol. The van der Waals surface area contributed by atoms with Crippen LogP contribution in [0.4, 0.5) is 0 Å². The van der Waals surface area contributed by atoms with Crippen LogP contribution in [0.15, 0.2) is 48.5 Å². The molecule has 0 saturated heterocycles. The van der Waals surface area contributed by atoms with Crippen molar-refractivity contribution in [1.29, 1.82) is 0 Å². The predicted octanol–water partition coefficient (Wildman–Crippen LogP) is 4.43. The molecule has 1 N–H and O–H groups in total. The summed E-state index contributed by atoms with van der Waals surface area (Å²) in [6.07, 6.45) is 1.92. The van der Waals surface area contributed by atoms with Crippen molar-refractivity contribution < 1.29 is 4.79 Å². The molecule has 0 spiro atoms. The summed E-state index contributed by atoms with van der Waals surface area (Å²) in [6.45, 7) is 2.77. The zero-order valence-electron chi connectivity index (χ0n) is 15.7. The van der Waals surface area contributed by atoms with Gasteiger partial charge in [-0.2, -0.15) is 0 Å². The molecule has 0 bridgehead atoms. The van der Waals surface area contributed by atoms with Gasteiger partial charge in [0.1, 0.15) is 0 Å². The average Bonchev–Trinajstić information content (AvgIpc) is 3.43. The Kier molecular flexibility index (Phi) is 6.00. The van der Waals surface area contributed by atoms with Gasteiger partial charge in [0.2, 0.25) is 5.91 Å². The van der Waals surface area contributed by atoms with Gasteiger partial charge in [-0.3, -0.25) is 4.79 Å². The summed E-state index contributed by atoms with van der Waals surface area (Å²) in [4.78, 5) is 14.7. The van der Waals surface area contributed by atoms with Crippen LogP contribution >= 0.6 is 11.6 Å². The maximum Gasteiger partial charge on any atom is 0.223 e. The summed E-state index contributed by atoms with van der Waals surface area (Å²) in [5.41, 5.74) is 3.65. The van der Waals surface area contributed by atoms with Gasteiger partial charge in [-0.15, -0.1) is 0 Å². The van der Waals surface area contributed by atoms with E-state index in [9.17, 15) is 4.79 Å². The second kappa shape index (κ2) is 8.24. The minimum absolute atomic E-state index is 0.0418. The third-order valence-electron chi connectivity index (χ3n) is 5.30. The maximum absolute atomic E-state index is 12.6. The Labute approximate surface area is 161 Å². The van der Waals surface area contributed by atoms with Crippen LogP contribution in [0.5, 0.6) is 0 Å². The number of amides is 1. The molecule has 26 heavy (non-hydrogen) atoms. The summed E-state index contributed by atoms with van der Waals surface area (Å²) in [6, 6.07) is 16.7. The highest BCUT2D eigenvalue weighted by Gasteiger charge is 2.44. The lowest BCUT2D eigenvalue weighted by Crippen LogP contribution is -2.35. The van der Waals surface area contributed by atoms with Gasteiger partial charge in [0, 0.05) is 17.5 Å². The highest BCUT2D eigenvalue weighted by atomic mass is 35.5. The molecule has 3 rings (SSSR count). The van der Waals surface area contributed by atoms with Gasteiger partial charge in [0.25, 0.3) is 0 Å². The minimum Gasteiger partial charge on any atom is -0.354 e. The number of carbonyl (C=O) groups is 1. The molecule has 1 amide bonds. The molecule has 2 aromatic carbocycles. The molecule has 0 aromatic heterocycles. The molecule has 0 radical (unpaired) electrons. The topological polar surface area (TPSA) is 32.3 Å². The Morgan fingerprint density at radius 1 is 1.19 bits per heavy atom. The molecule has 4 heteroatoms. The second-order valence-electron chi connectivity index (χ2n) is 7.29. The van der Waals surface area contributed by atoms with Crippen molar-refractivity contribution in [2.24, 2.45) is 5.92 Å². The Morgan fingerprint density at radius 3 is 2.50 bits per heavy atom. The highest BCUT2D eigenvalue weighted by molar-refractivity contribution is 6.31. The molecule has 3 unspecified atom stereocenters. The first-order valence-corrected chi connectivity index (χ1v) is 9.66. The molecule has 138 valence electrons.